The molecular formula is C7H11NO2. The highest BCUT2D eigenvalue weighted by atomic mass is 16.1. The summed E-state index contributed by atoms with van der Waals surface area (Å²) in [5.74, 6) is -0.739. The largest absolute Gasteiger partial charge is 0.369 e. The number of primary amides is 1. The molecule has 56 valence electrons. The molecule has 1 rings (SSSR count). The summed E-state index contributed by atoms with van der Waals surface area (Å²) in [7, 11) is 0. The van der Waals surface area contributed by atoms with Crippen LogP contribution in [0.15, 0.2) is 0 Å². The van der Waals surface area contributed by atoms with E-state index in [2.05, 4.69) is 0 Å². The second kappa shape index (κ2) is 1.81. The van der Waals surface area contributed by atoms with Crippen LogP contribution in [-0.2, 0) is 9.59 Å². The third-order valence-corrected chi connectivity index (χ3v) is 2.36. The molecule has 2 N–H and O–H groups in total. The van der Waals surface area contributed by atoms with Crippen molar-refractivity contribution >= 4 is 12.2 Å². The zero-order valence-electron chi connectivity index (χ0n) is 6.13. The van der Waals surface area contributed by atoms with Crippen LogP contribution in [0.25, 0.3) is 0 Å². The Kier molecular flexibility index (Phi) is 1.31. The van der Waals surface area contributed by atoms with Crippen LogP contribution in [-0.4, -0.2) is 12.2 Å². The van der Waals surface area contributed by atoms with Crippen LogP contribution in [0.1, 0.15) is 13.8 Å². The minimum absolute atomic E-state index is 0.148. The summed E-state index contributed by atoms with van der Waals surface area (Å²) in [6.45, 7) is 3.75. The monoisotopic (exact) mass is 141 g/mol. The number of carbonyl (C=O) groups is 2. The first kappa shape index (κ1) is 7.25. The van der Waals surface area contributed by atoms with Gasteiger partial charge < -0.3 is 10.5 Å². The Morgan fingerprint density at radius 1 is 1.60 bits per heavy atom. The third kappa shape index (κ3) is 0.735. The molecule has 0 saturated heterocycles. The molecule has 0 aromatic carbocycles. The van der Waals surface area contributed by atoms with Gasteiger partial charge in [0.1, 0.15) is 6.29 Å². The molecule has 0 spiro atoms. The van der Waals surface area contributed by atoms with E-state index in [1.165, 1.54) is 0 Å². The standard InChI is InChI=1S/C7H11NO2/c1-7(2)4(3-9)5(7)6(8)10/h3-5H,1-2H3,(H2,8,10). The maximum atomic E-state index is 10.6. The van der Waals surface area contributed by atoms with Gasteiger partial charge in [0.2, 0.25) is 5.91 Å². The lowest BCUT2D eigenvalue weighted by molar-refractivity contribution is -0.121. The van der Waals surface area contributed by atoms with Gasteiger partial charge in [0.05, 0.1) is 5.92 Å². The van der Waals surface area contributed by atoms with Crippen molar-refractivity contribution in [2.45, 2.75) is 13.8 Å². The van der Waals surface area contributed by atoms with Crippen molar-refractivity contribution in [2.24, 2.45) is 23.0 Å². The van der Waals surface area contributed by atoms with Crippen LogP contribution in [0.5, 0.6) is 0 Å². The normalized spacial score (nSPS) is 35.0. The predicted octanol–water partition coefficient (Wildman–Crippen LogP) is -0.0572. The predicted molar refractivity (Wildman–Crippen MR) is 36.0 cm³/mol. The molecule has 3 heteroatoms. The molecule has 1 saturated carbocycles. The van der Waals surface area contributed by atoms with E-state index in [1.54, 1.807) is 0 Å². The fraction of sp³-hybridized carbons (Fsp3) is 0.714. The van der Waals surface area contributed by atoms with Crippen molar-refractivity contribution in [1.82, 2.24) is 0 Å². The molecule has 10 heavy (non-hydrogen) atoms. The molecule has 1 aliphatic rings. The van der Waals surface area contributed by atoms with Crippen molar-refractivity contribution in [1.29, 1.82) is 0 Å². The highest BCUT2D eigenvalue weighted by Crippen LogP contribution is 2.56. The molecule has 0 aliphatic heterocycles. The number of rotatable bonds is 2. The third-order valence-electron chi connectivity index (χ3n) is 2.36. The van der Waals surface area contributed by atoms with Gasteiger partial charge in [0, 0.05) is 5.92 Å². The van der Waals surface area contributed by atoms with E-state index in [-0.39, 0.29) is 23.2 Å². The van der Waals surface area contributed by atoms with E-state index in [9.17, 15) is 9.59 Å². The van der Waals surface area contributed by atoms with E-state index >= 15 is 0 Å². The Hall–Kier alpha value is -0.860. The molecule has 0 aromatic rings. The lowest BCUT2D eigenvalue weighted by Crippen LogP contribution is -2.16. The average molecular weight is 141 g/mol. The van der Waals surface area contributed by atoms with Crippen LogP contribution in [0.3, 0.4) is 0 Å². The molecule has 3 nitrogen and oxygen atoms in total. The second-order valence-electron chi connectivity index (χ2n) is 3.36. The minimum Gasteiger partial charge on any atom is -0.369 e. The summed E-state index contributed by atoms with van der Waals surface area (Å²) in [4.78, 5) is 20.9. The topological polar surface area (TPSA) is 60.2 Å². The van der Waals surface area contributed by atoms with Crippen LogP contribution in [0.2, 0.25) is 0 Å². The lowest BCUT2D eigenvalue weighted by Gasteiger charge is -1.95. The fourth-order valence-electron chi connectivity index (χ4n) is 1.48. The van der Waals surface area contributed by atoms with Crippen LogP contribution >= 0.6 is 0 Å². The van der Waals surface area contributed by atoms with Crippen molar-refractivity contribution in [2.75, 3.05) is 0 Å². The van der Waals surface area contributed by atoms with Gasteiger partial charge in [-0.05, 0) is 5.41 Å². The first-order chi connectivity index (χ1) is 4.51. The number of carbonyl (C=O) groups excluding carboxylic acids is 2. The molecule has 1 aliphatic carbocycles. The van der Waals surface area contributed by atoms with Crippen LogP contribution < -0.4 is 5.73 Å². The van der Waals surface area contributed by atoms with E-state index in [1.807, 2.05) is 13.8 Å². The molecule has 2 unspecified atom stereocenters. The molecule has 1 amide bonds. The lowest BCUT2D eigenvalue weighted by atomic mass is 10.1. The van der Waals surface area contributed by atoms with Crippen molar-refractivity contribution in [3.05, 3.63) is 0 Å². The van der Waals surface area contributed by atoms with Gasteiger partial charge in [-0.15, -0.1) is 0 Å². The Morgan fingerprint density at radius 2 is 2.10 bits per heavy atom. The summed E-state index contributed by atoms with van der Waals surface area (Å²) in [6.07, 6.45) is 0.815. The zero-order chi connectivity index (χ0) is 7.94. The van der Waals surface area contributed by atoms with E-state index in [4.69, 9.17) is 5.73 Å². The van der Waals surface area contributed by atoms with Gasteiger partial charge in [0.25, 0.3) is 0 Å². The van der Waals surface area contributed by atoms with Gasteiger partial charge in [-0.1, -0.05) is 13.8 Å². The molecular weight excluding hydrogens is 130 g/mol. The number of amides is 1. The van der Waals surface area contributed by atoms with E-state index < -0.39 is 0 Å². The second-order valence-corrected chi connectivity index (χ2v) is 3.36. The van der Waals surface area contributed by atoms with E-state index in [0.29, 0.717) is 0 Å². The van der Waals surface area contributed by atoms with Crippen LogP contribution in [0, 0.1) is 17.3 Å². The molecule has 2 atom stereocenters. The molecule has 0 bridgehead atoms. The number of aldehydes is 1. The Labute approximate surface area is 59.6 Å². The molecule has 1 fully saturated rings. The summed E-state index contributed by atoms with van der Waals surface area (Å²) < 4.78 is 0. The van der Waals surface area contributed by atoms with Crippen molar-refractivity contribution in [3.8, 4) is 0 Å². The summed E-state index contributed by atoms with van der Waals surface area (Å²) >= 11 is 0. The van der Waals surface area contributed by atoms with Gasteiger partial charge in [-0.25, -0.2) is 0 Å². The Bertz CT molecular complexity index is 186. The summed E-state index contributed by atoms with van der Waals surface area (Å²) in [5.41, 5.74) is 4.85. The molecule has 0 radical (unpaired) electrons. The van der Waals surface area contributed by atoms with Gasteiger partial charge >= 0.3 is 0 Å². The minimum atomic E-state index is -0.359. The van der Waals surface area contributed by atoms with Gasteiger partial charge in [-0.3, -0.25) is 4.79 Å². The zero-order valence-corrected chi connectivity index (χ0v) is 6.13. The van der Waals surface area contributed by atoms with E-state index in [0.717, 1.165) is 6.29 Å². The molecule has 0 heterocycles. The van der Waals surface area contributed by atoms with Crippen LogP contribution in [0.4, 0.5) is 0 Å². The maximum Gasteiger partial charge on any atom is 0.221 e. The van der Waals surface area contributed by atoms with Gasteiger partial charge in [0.15, 0.2) is 0 Å². The van der Waals surface area contributed by atoms with Crippen molar-refractivity contribution < 1.29 is 9.59 Å². The quantitative estimate of drug-likeness (QED) is 0.548. The number of nitrogens with two attached hydrogens (primary N) is 1. The first-order valence-corrected chi connectivity index (χ1v) is 3.26. The number of hydrogen-bond acceptors (Lipinski definition) is 2. The SMILES string of the molecule is CC1(C)C(C=O)C1C(N)=O. The first-order valence-electron chi connectivity index (χ1n) is 3.26. The highest BCUT2D eigenvalue weighted by molar-refractivity contribution is 5.86. The summed E-state index contributed by atoms with van der Waals surface area (Å²) in [6, 6.07) is 0. The van der Waals surface area contributed by atoms with Gasteiger partial charge in [-0.2, -0.15) is 0 Å². The number of hydrogen-bond donors (Lipinski definition) is 1. The molecule has 0 aromatic heterocycles. The average Bonchev–Trinajstić information content (AvgIpc) is 2.33. The highest BCUT2D eigenvalue weighted by Gasteiger charge is 2.61. The smallest absolute Gasteiger partial charge is 0.221 e. The Morgan fingerprint density at radius 3 is 2.20 bits per heavy atom. The fourth-order valence-corrected chi connectivity index (χ4v) is 1.48. The van der Waals surface area contributed by atoms with Crippen molar-refractivity contribution in [3.63, 3.8) is 0 Å². The Balaban J connectivity index is 2.70. The summed E-state index contributed by atoms with van der Waals surface area (Å²) in [5, 5.41) is 0. The maximum absolute atomic E-state index is 10.6.